The third-order valence-corrected chi connectivity index (χ3v) is 3.81. The Balaban J connectivity index is 1.74. The molecule has 0 aliphatic heterocycles. The molecule has 26 heavy (non-hydrogen) atoms. The summed E-state index contributed by atoms with van der Waals surface area (Å²) in [5.41, 5.74) is 1.54. The second-order valence-corrected chi connectivity index (χ2v) is 5.61. The minimum atomic E-state index is -0.867. The Kier molecular flexibility index (Phi) is 4.61. The maximum atomic E-state index is 13.6. The van der Waals surface area contributed by atoms with Crippen LogP contribution in [0.15, 0.2) is 30.6 Å². The average molecular weight is 358 g/mol. The second-order valence-electron chi connectivity index (χ2n) is 5.61. The molecule has 7 nitrogen and oxygen atoms in total. The van der Waals surface area contributed by atoms with Gasteiger partial charge in [-0.15, -0.1) is 0 Å². The molecule has 2 aromatic heterocycles. The molecule has 3 rings (SSSR count). The van der Waals surface area contributed by atoms with Crippen LogP contribution in [0.25, 0.3) is 5.95 Å². The Morgan fingerprint density at radius 1 is 1.04 bits per heavy atom. The number of carbonyl (C=O) groups excluding carboxylic acids is 1. The number of benzene rings is 1. The number of hydrogen-bond acceptors (Lipinski definition) is 4. The zero-order valence-electron chi connectivity index (χ0n) is 14.3. The Hall–Kier alpha value is -3.36. The van der Waals surface area contributed by atoms with E-state index < -0.39 is 23.4 Å². The molecule has 0 fully saturated rings. The third kappa shape index (κ3) is 3.37. The normalized spacial score (nSPS) is 10.7. The van der Waals surface area contributed by atoms with E-state index in [1.165, 1.54) is 18.5 Å². The molecule has 0 bridgehead atoms. The summed E-state index contributed by atoms with van der Waals surface area (Å²) in [5.74, 6) is -0.582. The van der Waals surface area contributed by atoms with Crippen LogP contribution in [0, 0.1) is 32.4 Å². The summed E-state index contributed by atoms with van der Waals surface area (Å²) in [7, 11) is 0. The number of aromatic nitrogens is 4. The number of imidazole rings is 1. The molecule has 134 valence electrons. The fraction of sp³-hybridized carbons (Fsp3) is 0.176. The number of amides is 2. The van der Waals surface area contributed by atoms with Crippen LogP contribution in [0.3, 0.4) is 0 Å². The predicted molar refractivity (Wildman–Crippen MR) is 92.4 cm³/mol. The summed E-state index contributed by atoms with van der Waals surface area (Å²) >= 11 is 0. The summed E-state index contributed by atoms with van der Waals surface area (Å²) in [6.45, 7) is 5.63. The first-order chi connectivity index (χ1) is 12.4. The Morgan fingerprint density at radius 2 is 1.65 bits per heavy atom. The highest BCUT2D eigenvalue weighted by Crippen LogP contribution is 2.19. The van der Waals surface area contributed by atoms with E-state index in [-0.39, 0.29) is 5.69 Å². The largest absolute Gasteiger partial charge is 0.323 e. The number of aryl methyl sites for hydroxylation is 2. The van der Waals surface area contributed by atoms with Gasteiger partial charge in [-0.05, 0) is 32.9 Å². The molecule has 0 radical (unpaired) electrons. The first kappa shape index (κ1) is 17.5. The van der Waals surface area contributed by atoms with E-state index >= 15 is 0 Å². The second kappa shape index (κ2) is 6.87. The van der Waals surface area contributed by atoms with Crippen LogP contribution in [-0.4, -0.2) is 25.6 Å². The highest BCUT2D eigenvalue weighted by molar-refractivity contribution is 5.99. The number of anilines is 2. The molecular weight excluding hydrogens is 342 g/mol. The van der Waals surface area contributed by atoms with Gasteiger partial charge in [-0.2, -0.15) is 0 Å². The van der Waals surface area contributed by atoms with Gasteiger partial charge in [0.2, 0.25) is 5.95 Å². The minimum absolute atomic E-state index is 0.273. The van der Waals surface area contributed by atoms with Crippen molar-refractivity contribution in [1.29, 1.82) is 0 Å². The first-order valence-electron chi connectivity index (χ1n) is 7.74. The van der Waals surface area contributed by atoms with E-state index in [0.717, 1.165) is 29.3 Å². The molecule has 1 aromatic carbocycles. The number of para-hydroxylation sites is 1. The number of halogens is 2. The van der Waals surface area contributed by atoms with Gasteiger partial charge in [0.25, 0.3) is 0 Å². The van der Waals surface area contributed by atoms with Crippen LogP contribution in [0.5, 0.6) is 0 Å². The lowest BCUT2D eigenvalue weighted by Crippen LogP contribution is -2.21. The van der Waals surface area contributed by atoms with Gasteiger partial charge in [-0.1, -0.05) is 6.07 Å². The Labute approximate surface area is 148 Å². The number of urea groups is 1. The van der Waals surface area contributed by atoms with Gasteiger partial charge in [0.15, 0.2) is 0 Å². The molecular formula is C17H16F2N6O. The smallest absolute Gasteiger partial charge is 0.305 e. The average Bonchev–Trinajstić information content (AvgIpc) is 2.84. The molecule has 0 aliphatic carbocycles. The number of nitrogens with zero attached hydrogens (tertiary/aromatic N) is 4. The zero-order valence-corrected chi connectivity index (χ0v) is 14.3. The monoisotopic (exact) mass is 358 g/mol. The van der Waals surface area contributed by atoms with Crippen molar-refractivity contribution in [2.75, 3.05) is 10.6 Å². The van der Waals surface area contributed by atoms with Crippen LogP contribution in [0.4, 0.5) is 25.0 Å². The Morgan fingerprint density at radius 3 is 2.19 bits per heavy atom. The van der Waals surface area contributed by atoms with Crippen LogP contribution in [0.2, 0.25) is 0 Å². The molecule has 2 N–H and O–H groups in total. The third-order valence-electron chi connectivity index (χ3n) is 3.81. The molecule has 0 unspecified atom stereocenters. The molecule has 0 saturated carbocycles. The van der Waals surface area contributed by atoms with Crippen LogP contribution < -0.4 is 10.6 Å². The van der Waals surface area contributed by atoms with Crippen LogP contribution in [0.1, 0.15) is 17.2 Å². The first-order valence-corrected chi connectivity index (χ1v) is 7.74. The van der Waals surface area contributed by atoms with E-state index in [4.69, 9.17) is 0 Å². The van der Waals surface area contributed by atoms with E-state index in [1.807, 2.05) is 20.8 Å². The molecule has 9 heteroatoms. The van der Waals surface area contributed by atoms with Crippen LogP contribution >= 0.6 is 0 Å². The molecule has 0 aliphatic rings. The van der Waals surface area contributed by atoms with E-state index in [0.29, 0.717) is 5.95 Å². The number of hydrogen-bond donors (Lipinski definition) is 2. The van der Waals surface area contributed by atoms with Gasteiger partial charge >= 0.3 is 6.03 Å². The summed E-state index contributed by atoms with van der Waals surface area (Å²) in [6, 6.07) is 2.50. The van der Waals surface area contributed by atoms with Crippen LogP contribution in [-0.2, 0) is 0 Å². The standard InChI is InChI=1S/C17H16F2N6O/c1-9-10(2)25(11(3)22-9)16-20-7-12(8-21-16)23-17(26)24-15-13(18)5-4-6-14(15)19/h4-8H,1-3H3,(H2,23,24,26). The minimum Gasteiger partial charge on any atom is -0.305 e. The van der Waals surface area contributed by atoms with Crippen molar-refractivity contribution in [3.8, 4) is 5.95 Å². The molecule has 0 atom stereocenters. The van der Waals surface area contributed by atoms with E-state index in [9.17, 15) is 13.6 Å². The summed E-state index contributed by atoms with van der Waals surface area (Å²) in [4.78, 5) is 24.7. The molecule has 0 saturated heterocycles. The van der Waals surface area contributed by atoms with Gasteiger partial charge < -0.3 is 10.6 Å². The Bertz CT molecular complexity index is 948. The van der Waals surface area contributed by atoms with Gasteiger partial charge in [0.1, 0.15) is 23.1 Å². The van der Waals surface area contributed by atoms with Gasteiger partial charge in [0, 0.05) is 5.69 Å². The summed E-state index contributed by atoms with van der Waals surface area (Å²) in [5, 5.41) is 4.55. The lowest BCUT2D eigenvalue weighted by molar-refractivity contribution is 0.262. The van der Waals surface area contributed by atoms with Crippen molar-refractivity contribution in [3.63, 3.8) is 0 Å². The fourth-order valence-corrected chi connectivity index (χ4v) is 2.47. The molecule has 0 spiro atoms. The number of nitrogens with one attached hydrogen (secondary N) is 2. The summed E-state index contributed by atoms with van der Waals surface area (Å²) < 4.78 is 28.9. The highest BCUT2D eigenvalue weighted by Gasteiger charge is 2.14. The highest BCUT2D eigenvalue weighted by atomic mass is 19.1. The lowest BCUT2D eigenvalue weighted by atomic mass is 10.3. The predicted octanol–water partition coefficient (Wildman–Crippen LogP) is 3.51. The number of carbonyl (C=O) groups is 1. The molecule has 3 aromatic rings. The van der Waals surface area contributed by atoms with E-state index in [2.05, 4.69) is 25.6 Å². The topological polar surface area (TPSA) is 84.7 Å². The molecule has 2 amide bonds. The van der Waals surface area contributed by atoms with Gasteiger partial charge in [0.05, 0.1) is 23.8 Å². The van der Waals surface area contributed by atoms with Crippen molar-refractivity contribution >= 4 is 17.4 Å². The molecule has 2 heterocycles. The van der Waals surface area contributed by atoms with Gasteiger partial charge in [-0.25, -0.2) is 28.5 Å². The maximum Gasteiger partial charge on any atom is 0.323 e. The SMILES string of the molecule is Cc1nc(C)n(-c2ncc(NC(=O)Nc3c(F)cccc3F)cn2)c1C. The zero-order chi connectivity index (χ0) is 18.8. The van der Waals surface area contributed by atoms with Crippen molar-refractivity contribution in [1.82, 2.24) is 19.5 Å². The van der Waals surface area contributed by atoms with Gasteiger partial charge in [-0.3, -0.25) is 4.57 Å². The quantitative estimate of drug-likeness (QED) is 0.750. The van der Waals surface area contributed by atoms with Crippen molar-refractivity contribution in [2.24, 2.45) is 0 Å². The van der Waals surface area contributed by atoms with Crippen molar-refractivity contribution < 1.29 is 13.6 Å². The lowest BCUT2D eigenvalue weighted by Gasteiger charge is -2.10. The fourth-order valence-electron chi connectivity index (χ4n) is 2.47. The van der Waals surface area contributed by atoms with Crippen molar-refractivity contribution in [2.45, 2.75) is 20.8 Å². The summed E-state index contributed by atoms with van der Waals surface area (Å²) in [6.07, 6.45) is 2.79. The number of rotatable bonds is 3. The van der Waals surface area contributed by atoms with Crippen molar-refractivity contribution in [3.05, 3.63) is 59.4 Å². The maximum absolute atomic E-state index is 13.6. The van der Waals surface area contributed by atoms with E-state index in [1.54, 1.807) is 4.57 Å².